The first-order valence-electron chi connectivity index (χ1n) is 10.8. The Labute approximate surface area is 205 Å². The number of carbonyl (C=O) groups excluding carboxylic acids is 1. The maximum Gasteiger partial charge on any atom is 0.417 e. The Morgan fingerprint density at radius 1 is 0.914 bits per heavy atom. The number of nitrogens with one attached hydrogen (secondary N) is 1. The third-order valence-electron chi connectivity index (χ3n) is 5.28. The van der Waals surface area contributed by atoms with Crippen LogP contribution < -0.4 is 14.8 Å². The lowest BCUT2D eigenvalue weighted by Gasteiger charge is -2.15. The van der Waals surface area contributed by atoms with Gasteiger partial charge >= 0.3 is 6.18 Å². The van der Waals surface area contributed by atoms with E-state index in [0.717, 1.165) is 22.9 Å². The van der Waals surface area contributed by atoms with Crippen LogP contribution in [0.2, 0.25) is 5.02 Å². The summed E-state index contributed by atoms with van der Waals surface area (Å²) in [4.78, 5) is 12.8. The van der Waals surface area contributed by atoms with E-state index in [-0.39, 0.29) is 17.9 Å². The van der Waals surface area contributed by atoms with E-state index < -0.39 is 22.7 Å². The molecule has 4 rings (SSSR count). The van der Waals surface area contributed by atoms with Crippen molar-refractivity contribution in [1.29, 1.82) is 0 Å². The van der Waals surface area contributed by atoms with Gasteiger partial charge in [-0.2, -0.15) is 13.2 Å². The highest BCUT2D eigenvalue weighted by Gasteiger charge is 2.33. The van der Waals surface area contributed by atoms with E-state index in [9.17, 15) is 18.0 Å². The summed E-state index contributed by atoms with van der Waals surface area (Å²) in [5.74, 6) is 0.659. The minimum absolute atomic E-state index is 0.0193. The largest absolute Gasteiger partial charge is 0.493 e. The van der Waals surface area contributed by atoms with Crippen LogP contribution in [0.3, 0.4) is 0 Å². The van der Waals surface area contributed by atoms with Crippen LogP contribution in [0.25, 0.3) is 10.8 Å². The molecule has 0 bridgehead atoms. The number of rotatable bonds is 7. The van der Waals surface area contributed by atoms with Crippen molar-refractivity contribution in [3.63, 3.8) is 0 Å². The number of hydrogen-bond donors (Lipinski definition) is 1. The number of amides is 1. The number of hydrogen-bond acceptors (Lipinski definition) is 3. The number of fused-ring (bicyclic) bond motifs is 1. The van der Waals surface area contributed by atoms with Gasteiger partial charge in [-0.05, 0) is 54.8 Å². The molecule has 0 saturated carbocycles. The molecule has 0 unspecified atom stereocenters. The molecule has 0 aliphatic carbocycles. The molecule has 0 saturated heterocycles. The van der Waals surface area contributed by atoms with Crippen LogP contribution in [0.4, 0.5) is 18.9 Å². The Balaban J connectivity index is 1.57. The van der Waals surface area contributed by atoms with Crippen LogP contribution in [0.1, 0.15) is 28.4 Å². The molecule has 0 spiro atoms. The summed E-state index contributed by atoms with van der Waals surface area (Å²) in [5.41, 5.74) is -0.171. The zero-order valence-electron chi connectivity index (χ0n) is 18.7. The highest BCUT2D eigenvalue weighted by atomic mass is 35.5. The van der Waals surface area contributed by atoms with Gasteiger partial charge in [-0.15, -0.1) is 0 Å². The Kier molecular flexibility index (Phi) is 7.17. The first-order chi connectivity index (χ1) is 16.8. The van der Waals surface area contributed by atoms with Gasteiger partial charge in [0.25, 0.3) is 5.91 Å². The molecule has 1 N–H and O–H groups in total. The van der Waals surface area contributed by atoms with Gasteiger partial charge in [0, 0.05) is 22.2 Å². The van der Waals surface area contributed by atoms with Gasteiger partial charge in [0.2, 0.25) is 0 Å². The molecule has 4 nitrogen and oxygen atoms in total. The van der Waals surface area contributed by atoms with Crippen LogP contribution in [-0.2, 0) is 12.8 Å². The molecule has 0 fully saturated rings. The van der Waals surface area contributed by atoms with E-state index in [1.54, 1.807) is 18.2 Å². The molecule has 0 aliphatic heterocycles. The zero-order chi connectivity index (χ0) is 25.0. The van der Waals surface area contributed by atoms with Gasteiger partial charge in [0.05, 0.1) is 17.2 Å². The van der Waals surface area contributed by atoms with Crippen LogP contribution in [0.15, 0.2) is 78.9 Å². The third kappa shape index (κ3) is 5.69. The molecule has 4 aromatic carbocycles. The number of carbonyl (C=O) groups is 1. The van der Waals surface area contributed by atoms with Crippen LogP contribution in [0, 0.1) is 0 Å². The van der Waals surface area contributed by atoms with E-state index in [4.69, 9.17) is 21.1 Å². The predicted molar refractivity (Wildman–Crippen MR) is 130 cm³/mol. The Morgan fingerprint density at radius 3 is 2.46 bits per heavy atom. The highest BCUT2D eigenvalue weighted by molar-refractivity contribution is 6.31. The van der Waals surface area contributed by atoms with Crippen molar-refractivity contribution in [1.82, 2.24) is 0 Å². The van der Waals surface area contributed by atoms with Crippen molar-refractivity contribution < 1.29 is 27.4 Å². The molecule has 0 radical (unpaired) electrons. The first kappa shape index (κ1) is 24.4. The summed E-state index contributed by atoms with van der Waals surface area (Å²) in [6.45, 7) is 2.39. The summed E-state index contributed by atoms with van der Waals surface area (Å²) in [6.07, 6.45) is -4.64. The molecule has 180 valence electrons. The molecular weight excluding hydrogens is 479 g/mol. The van der Waals surface area contributed by atoms with Gasteiger partial charge in [-0.1, -0.05) is 48.0 Å². The second-order valence-corrected chi connectivity index (χ2v) is 8.08. The monoisotopic (exact) mass is 499 g/mol. The molecule has 0 atom stereocenters. The van der Waals surface area contributed by atoms with Crippen molar-refractivity contribution in [3.05, 3.63) is 101 Å². The van der Waals surface area contributed by atoms with Gasteiger partial charge < -0.3 is 14.8 Å². The second-order valence-electron chi connectivity index (χ2n) is 7.67. The van der Waals surface area contributed by atoms with Gasteiger partial charge in [-0.25, -0.2) is 0 Å². The standard InChI is InChI=1S/C27H21ClF3NO3/c1-2-34-24-13-10-18(26(33)32-20-11-12-23(28)22(15-20)27(29,30)31)14-19(24)16-35-25-9-5-7-17-6-3-4-8-21(17)25/h3-15H,2,16H2,1H3,(H,32,33). The van der Waals surface area contributed by atoms with Crippen molar-refractivity contribution >= 4 is 34.0 Å². The van der Waals surface area contributed by atoms with E-state index in [0.29, 0.717) is 23.7 Å². The lowest BCUT2D eigenvalue weighted by Crippen LogP contribution is -2.14. The smallest absolute Gasteiger partial charge is 0.417 e. The van der Waals surface area contributed by atoms with E-state index in [1.165, 1.54) is 6.07 Å². The number of alkyl halides is 3. The molecule has 4 aromatic rings. The summed E-state index contributed by atoms with van der Waals surface area (Å²) in [5, 5.41) is 4.04. The second kappa shape index (κ2) is 10.3. The third-order valence-corrected chi connectivity index (χ3v) is 5.61. The first-order valence-corrected chi connectivity index (χ1v) is 11.2. The molecule has 0 aromatic heterocycles. The SMILES string of the molecule is CCOc1ccc(C(=O)Nc2ccc(Cl)c(C(F)(F)F)c2)cc1COc1cccc2ccccc12. The Morgan fingerprint density at radius 2 is 1.69 bits per heavy atom. The van der Waals surface area contributed by atoms with Crippen LogP contribution >= 0.6 is 11.6 Å². The van der Waals surface area contributed by atoms with E-state index in [1.807, 2.05) is 49.4 Å². The predicted octanol–water partition coefficient (Wildman–Crippen LogP) is 7.74. The summed E-state index contributed by atoms with van der Waals surface area (Å²) in [6, 6.07) is 21.6. The summed E-state index contributed by atoms with van der Waals surface area (Å²) >= 11 is 5.66. The van der Waals surface area contributed by atoms with Gasteiger partial charge in [0.1, 0.15) is 18.1 Å². The molecule has 0 aliphatic rings. The maximum atomic E-state index is 13.2. The number of halogens is 4. The maximum absolute atomic E-state index is 13.2. The minimum Gasteiger partial charge on any atom is -0.493 e. The average Bonchev–Trinajstić information content (AvgIpc) is 2.84. The van der Waals surface area contributed by atoms with Crippen LogP contribution in [0.5, 0.6) is 11.5 Å². The van der Waals surface area contributed by atoms with E-state index in [2.05, 4.69) is 5.32 Å². The topological polar surface area (TPSA) is 47.6 Å². The molecule has 35 heavy (non-hydrogen) atoms. The van der Waals surface area contributed by atoms with Gasteiger partial charge in [0.15, 0.2) is 0 Å². The fraction of sp³-hybridized carbons (Fsp3) is 0.148. The van der Waals surface area contributed by atoms with Crippen molar-refractivity contribution in [2.75, 3.05) is 11.9 Å². The Hall–Kier alpha value is -3.71. The van der Waals surface area contributed by atoms with Gasteiger partial charge in [-0.3, -0.25) is 4.79 Å². The zero-order valence-corrected chi connectivity index (χ0v) is 19.4. The average molecular weight is 500 g/mol. The molecule has 0 heterocycles. The van der Waals surface area contributed by atoms with Crippen LogP contribution in [-0.4, -0.2) is 12.5 Å². The summed E-state index contributed by atoms with van der Waals surface area (Å²) in [7, 11) is 0. The molecule has 1 amide bonds. The lowest BCUT2D eigenvalue weighted by molar-refractivity contribution is -0.137. The quantitative estimate of drug-likeness (QED) is 0.283. The lowest BCUT2D eigenvalue weighted by atomic mass is 10.1. The number of benzene rings is 4. The highest BCUT2D eigenvalue weighted by Crippen LogP contribution is 2.36. The van der Waals surface area contributed by atoms with Crippen molar-refractivity contribution in [2.24, 2.45) is 0 Å². The summed E-state index contributed by atoms with van der Waals surface area (Å²) < 4.78 is 51.2. The normalized spacial score (nSPS) is 11.3. The molecular formula is C27H21ClF3NO3. The van der Waals surface area contributed by atoms with Crippen molar-refractivity contribution in [2.45, 2.75) is 19.7 Å². The fourth-order valence-electron chi connectivity index (χ4n) is 3.63. The molecule has 8 heteroatoms. The van der Waals surface area contributed by atoms with E-state index >= 15 is 0 Å². The van der Waals surface area contributed by atoms with Crippen molar-refractivity contribution in [3.8, 4) is 11.5 Å². The fourth-order valence-corrected chi connectivity index (χ4v) is 3.86. The Bertz CT molecular complexity index is 1370. The minimum atomic E-state index is -4.64. The number of ether oxygens (including phenoxy) is 2. The number of anilines is 1.